The fourth-order valence-corrected chi connectivity index (χ4v) is 2.52. The van der Waals surface area contributed by atoms with Crippen molar-refractivity contribution in [3.05, 3.63) is 54.1 Å². The number of phenols is 1. The highest BCUT2D eigenvalue weighted by Crippen LogP contribution is 2.26. The van der Waals surface area contributed by atoms with Gasteiger partial charge in [-0.25, -0.2) is 0 Å². The molecular formula is C16H15F2N3OS2. The van der Waals surface area contributed by atoms with Crippen LogP contribution in [0.5, 0.6) is 5.75 Å². The lowest BCUT2D eigenvalue weighted by atomic mass is 10.1. The maximum atomic E-state index is 12.3. The third-order valence-electron chi connectivity index (χ3n) is 2.96. The summed E-state index contributed by atoms with van der Waals surface area (Å²) in [5.74, 6) is -2.31. The first-order chi connectivity index (χ1) is 11.5. The van der Waals surface area contributed by atoms with Gasteiger partial charge in [0.15, 0.2) is 5.11 Å². The summed E-state index contributed by atoms with van der Waals surface area (Å²) in [4.78, 5) is 0.475. The molecule has 0 aliphatic carbocycles. The van der Waals surface area contributed by atoms with Gasteiger partial charge >= 0.3 is 0 Å². The molecular weight excluding hydrogens is 352 g/mol. The summed E-state index contributed by atoms with van der Waals surface area (Å²) in [6.07, 6.45) is 0. The van der Waals surface area contributed by atoms with Gasteiger partial charge in [-0.3, -0.25) is 5.43 Å². The Bertz CT molecular complexity index is 736. The third kappa shape index (κ3) is 5.47. The van der Waals surface area contributed by atoms with Crippen LogP contribution in [-0.4, -0.2) is 21.7 Å². The van der Waals surface area contributed by atoms with Crippen LogP contribution in [0, 0.1) is 0 Å². The molecule has 0 spiro atoms. The number of thioether (sulfide) groups is 1. The number of hydrazone groups is 1. The van der Waals surface area contributed by atoms with Gasteiger partial charge in [-0.15, -0.1) is 0 Å². The lowest BCUT2D eigenvalue weighted by Gasteiger charge is -2.09. The van der Waals surface area contributed by atoms with E-state index in [9.17, 15) is 13.9 Å². The number of thiocarbonyl (C=S) groups is 1. The summed E-state index contributed by atoms with van der Waals surface area (Å²) >= 11 is 5.61. The van der Waals surface area contributed by atoms with Crippen LogP contribution in [0.3, 0.4) is 0 Å². The first kappa shape index (κ1) is 18.2. The van der Waals surface area contributed by atoms with Crippen molar-refractivity contribution in [2.45, 2.75) is 17.6 Å². The van der Waals surface area contributed by atoms with Crippen LogP contribution in [0.4, 0.5) is 14.5 Å². The Morgan fingerprint density at radius 1 is 1.17 bits per heavy atom. The van der Waals surface area contributed by atoms with Crippen molar-refractivity contribution in [3.63, 3.8) is 0 Å². The highest BCUT2D eigenvalue weighted by atomic mass is 32.2. The standard InChI is InChI=1S/C16H15F2N3OS2/c1-10(13-4-2-3-5-14(13)22)20-21-16(23)19-11-6-8-12(9-7-11)24-15(17)18/h2-9,15,22H,1H3,(H2,19,21,23)/b20-10+. The Labute approximate surface area is 148 Å². The zero-order valence-electron chi connectivity index (χ0n) is 12.7. The minimum absolute atomic E-state index is 0.131. The number of para-hydroxylation sites is 1. The van der Waals surface area contributed by atoms with E-state index >= 15 is 0 Å². The molecule has 2 aromatic carbocycles. The first-order valence-corrected chi connectivity index (χ1v) is 8.19. The molecule has 0 radical (unpaired) electrons. The lowest BCUT2D eigenvalue weighted by molar-refractivity contribution is 0.252. The number of halogens is 2. The Morgan fingerprint density at radius 2 is 1.83 bits per heavy atom. The average molecular weight is 367 g/mol. The van der Waals surface area contributed by atoms with Crippen molar-refractivity contribution in [2.75, 3.05) is 5.32 Å². The second kappa shape index (κ2) is 8.60. The third-order valence-corrected chi connectivity index (χ3v) is 3.87. The van der Waals surface area contributed by atoms with Gasteiger partial charge in [-0.05, 0) is 55.5 Å². The van der Waals surface area contributed by atoms with Crippen LogP contribution in [0.2, 0.25) is 0 Å². The number of alkyl halides is 2. The number of hydrogen-bond donors (Lipinski definition) is 3. The van der Waals surface area contributed by atoms with E-state index in [1.165, 1.54) is 0 Å². The Kier molecular flexibility index (Phi) is 6.51. The van der Waals surface area contributed by atoms with Gasteiger partial charge in [0, 0.05) is 16.1 Å². The molecule has 0 unspecified atom stereocenters. The zero-order chi connectivity index (χ0) is 17.5. The summed E-state index contributed by atoms with van der Waals surface area (Å²) in [5, 5.41) is 17.0. The Morgan fingerprint density at radius 3 is 2.46 bits per heavy atom. The zero-order valence-corrected chi connectivity index (χ0v) is 14.3. The van der Waals surface area contributed by atoms with E-state index in [1.807, 2.05) is 0 Å². The summed E-state index contributed by atoms with van der Waals surface area (Å²) in [6.45, 7) is 1.74. The molecule has 0 amide bonds. The number of hydrogen-bond acceptors (Lipinski definition) is 4. The summed E-state index contributed by atoms with van der Waals surface area (Å²) in [7, 11) is 0. The van der Waals surface area contributed by atoms with Crippen molar-refractivity contribution >= 4 is 40.5 Å². The Balaban J connectivity index is 1.93. The highest BCUT2D eigenvalue weighted by Gasteiger charge is 2.06. The van der Waals surface area contributed by atoms with Crippen molar-refractivity contribution in [1.29, 1.82) is 0 Å². The van der Waals surface area contributed by atoms with E-state index in [0.717, 1.165) is 0 Å². The molecule has 4 nitrogen and oxygen atoms in total. The quantitative estimate of drug-likeness (QED) is 0.316. The van der Waals surface area contributed by atoms with Crippen LogP contribution < -0.4 is 10.7 Å². The number of nitrogens with one attached hydrogen (secondary N) is 2. The molecule has 0 atom stereocenters. The minimum atomic E-state index is -2.45. The number of nitrogens with zero attached hydrogens (tertiary/aromatic N) is 1. The van der Waals surface area contributed by atoms with Gasteiger partial charge in [-0.2, -0.15) is 13.9 Å². The number of anilines is 1. The monoisotopic (exact) mass is 367 g/mol. The SMILES string of the molecule is C/C(=N\NC(=S)Nc1ccc(SC(F)F)cc1)c1ccccc1O. The second-order valence-electron chi connectivity index (χ2n) is 4.68. The van der Waals surface area contributed by atoms with Crippen molar-refractivity contribution in [3.8, 4) is 5.75 Å². The number of benzene rings is 2. The van der Waals surface area contributed by atoms with Gasteiger partial charge in [0.2, 0.25) is 0 Å². The van der Waals surface area contributed by atoms with Gasteiger partial charge < -0.3 is 10.4 Å². The Hall–Kier alpha value is -2.19. The van der Waals surface area contributed by atoms with Crippen molar-refractivity contribution in [2.24, 2.45) is 5.10 Å². The van der Waals surface area contributed by atoms with Crippen molar-refractivity contribution < 1.29 is 13.9 Å². The summed E-state index contributed by atoms with van der Waals surface area (Å²) in [5.41, 5.74) is 4.50. The molecule has 0 heterocycles. The van der Waals surface area contributed by atoms with Crippen molar-refractivity contribution in [1.82, 2.24) is 5.43 Å². The van der Waals surface area contributed by atoms with Gasteiger partial charge in [0.05, 0.1) is 5.71 Å². The molecule has 3 N–H and O–H groups in total. The molecule has 0 aliphatic rings. The smallest absolute Gasteiger partial charge is 0.288 e. The molecule has 0 aliphatic heterocycles. The van der Waals surface area contributed by atoms with Gasteiger partial charge in [0.1, 0.15) is 5.75 Å². The van der Waals surface area contributed by atoms with E-state index in [1.54, 1.807) is 55.5 Å². The normalized spacial score (nSPS) is 11.4. The molecule has 126 valence electrons. The molecule has 0 saturated heterocycles. The van der Waals surface area contributed by atoms with E-state index in [4.69, 9.17) is 12.2 Å². The topological polar surface area (TPSA) is 56.7 Å². The average Bonchev–Trinajstić information content (AvgIpc) is 2.54. The molecule has 0 bridgehead atoms. The van der Waals surface area contributed by atoms with Crippen LogP contribution in [0.1, 0.15) is 12.5 Å². The second-order valence-corrected chi connectivity index (χ2v) is 6.15. The van der Waals surface area contributed by atoms with E-state index in [2.05, 4.69) is 15.8 Å². The number of aromatic hydroxyl groups is 1. The molecule has 2 rings (SSSR count). The predicted octanol–water partition coefficient (Wildman–Crippen LogP) is 4.42. The molecule has 0 aromatic heterocycles. The van der Waals surface area contributed by atoms with Gasteiger partial charge in [-0.1, -0.05) is 23.9 Å². The fourth-order valence-electron chi connectivity index (χ4n) is 1.85. The first-order valence-electron chi connectivity index (χ1n) is 6.90. The summed E-state index contributed by atoms with van der Waals surface area (Å²) < 4.78 is 24.5. The van der Waals surface area contributed by atoms with Crippen LogP contribution in [0.25, 0.3) is 0 Å². The maximum absolute atomic E-state index is 12.3. The lowest BCUT2D eigenvalue weighted by Crippen LogP contribution is -2.24. The fraction of sp³-hybridized carbons (Fsp3) is 0.125. The van der Waals surface area contributed by atoms with E-state index in [-0.39, 0.29) is 10.9 Å². The van der Waals surface area contributed by atoms with E-state index in [0.29, 0.717) is 33.6 Å². The maximum Gasteiger partial charge on any atom is 0.288 e. The van der Waals surface area contributed by atoms with Gasteiger partial charge in [0.25, 0.3) is 5.76 Å². The molecule has 8 heteroatoms. The summed E-state index contributed by atoms with van der Waals surface area (Å²) in [6, 6.07) is 13.3. The molecule has 24 heavy (non-hydrogen) atoms. The highest BCUT2D eigenvalue weighted by molar-refractivity contribution is 7.99. The largest absolute Gasteiger partial charge is 0.507 e. The molecule has 2 aromatic rings. The van der Waals surface area contributed by atoms with Crippen LogP contribution in [0.15, 0.2) is 58.5 Å². The van der Waals surface area contributed by atoms with Crippen LogP contribution >= 0.6 is 24.0 Å². The predicted molar refractivity (Wildman–Crippen MR) is 98.0 cm³/mol. The minimum Gasteiger partial charge on any atom is -0.507 e. The number of phenolic OH excluding ortho intramolecular Hbond substituents is 1. The van der Waals surface area contributed by atoms with Crippen LogP contribution in [-0.2, 0) is 0 Å². The number of rotatable bonds is 5. The molecule has 0 fully saturated rings. The van der Waals surface area contributed by atoms with E-state index < -0.39 is 5.76 Å². The molecule has 0 saturated carbocycles.